The Morgan fingerprint density at radius 1 is 0.410 bits per heavy atom. The van der Waals surface area contributed by atoms with E-state index in [0.717, 1.165) is 44.9 Å². The lowest BCUT2D eigenvalue weighted by Crippen LogP contribution is -2.91. The highest BCUT2D eigenvalue weighted by atomic mass is 14.6. The van der Waals surface area contributed by atoms with E-state index >= 15 is 0 Å². The van der Waals surface area contributed by atoms with Crippen LogP contribution in [0.3, 0.4) is 0 Å². The highest BCUT2D eigenvalue weighted by Gasteiger charge is 2.59. The maximum atomic E-state index is 6.91. The van der Waals surface area contributed by atoms with Crippen molar-refractivity contribution in [3.8, 4) is 0 Å². The van der Waals surface area contributed by atoms with E-state index in [2.05, 4.69) is 0 Å². The lowest BCUT2D eigenvalue weighted by molar-refractivity contribution is 0.167. The van der Waals surface area contributed by atoms with Crippen LogP contribution in [-0.2, 0) is 6.42 Å². The van der Waals surface area contributed by atoms with E-state index in [0.29, 0.717) is 42.0 Å². The topological polar surface area (TPSA) is 52.0 Å². The molecule has 2 fully saturated rings. The maximum Gasteiger partial charge on any atom is 0.0491 e. The third-order valence-electron chi connectivity index (χ3n) is 14.7. The van der Waals surface area contributed by atoms with Gasteiger partial charge in [-0.15, -0.1) is 0 Å². The molecule has 0 heterocycles. The van der Waals surface area contributed by atoms with Crippen molar-refractivity contribution in [3.63, 3.8) is 0 Å². The first-order chi connectivity index (χ1) is 28.4. The van der Waals surface area contributed by atoms with Crippen LogP contribution in [-0.4, -0.2) is 283 Å². The Bertz CT molecular complexity index is 1310. The van der Waals surface area contributed by atoms with Gasteiger partial charge in [0.15, 0.2) is 0 Å². The van der Waals surface area contributed by atoms with E-state index in [1.54, 1.807) is 6.07 Å². The maximum absolute atomic E-state index is 6.91. The molecular weight excluding hydrogens is 689 g/mol. The van der Waals surface area contributed by atoms with Crippen molar-refractivity contribution in [1.29, 1.82) is 0 Å². The van der Waals surface area contributed by atoms with Gasteiger partial charge in [0.1, 0.15) is 0 Å². The third kappa shape index (κ3) is 15.2. The van der Waals surface area contributed by atoms with Crippen molar-refractivity contribution < 1.29 is 0 Å². The monoisotopic (exact) mass is 726 g/mol. The number of nitrogens with two attached hydrogens (primary N) is 2. The predicted molar refractivity (Wildman–Crippen MR) is 320 cm³/mol. The first-order valence-electron chi connectivity index (χ1n) is 22.0. The van der Waals surface area contributed by atoms with Crippen LogP contribution in [0.1, 0.15) is 56.9 Å². The molecule has 42 heteroatoms. The zero-order valence-electron chi connectivity index (χ0n) is 36.2. The van der Waals surface area contributed by atoms with Gasteiger partial charge in [0.05, 0.1) is 0 Å². The smallest absolute Gasteiger partial charge is 0.0491 e. The van der Waals surface area contributed by atoms with E-state index in [-0.39, 0.29) is 5.82 Å². The molecule has 3 rings (SSSR count). The predicted octanol–water partition coefficient (Wildman–Crippen LogP) is -10.5. The largest absolute Gasteiger partial charge is 0.399 e. The summed E-state index contributed by atoms with van der Waals surface area (Å²) in [5.41, 5.74) is 14.7. The van der Waals surface area contributed by atoms with E-state index in [9.17, 15) is 0 Å². The van der Waals surface area contributed by atoms with Crippen molar-refractivity contribution in [3.05, 3.63) is 23.8 Å². The Kier molecular flexibility index (Phi) is 24.4. The normalized spacial score (nSPS) is 18.2. The summed E-state index contributed by atoms with van der Waals surface area (Å²) in [6, 6.07) is 5.81. The minimum atomic E-state index is -1.16. The third-order valence-corrected chi connectivity index (χ3v) is 14.7. The second-order valence-corrected chi connectivity index (χ2v) is 18.8. The fourth-order valence-electron chi connectivity index (χ4n) is 12.2. The molecule has 0 saturated heterocycles. The number of hydrogen-bond donors (Lipinski definition) is 2. The van der Waals surface area contributed by atoms with Gasteiger partial charge in [0.25, 0.3) is 0 Å². The molecule has 0 unspecified atom stereocenters. The number of hydrogen-bond acceptors (Lipinski definition) is 2. The van der Waals surface area contributed by atoms with E-state index in [1.165, 1.54) is 12.6 Å². The van der Waals surface area contributed by atoms with Crippen LogP contribution in [0.5, 0.6) is 0 Å². The summed E-state index contributed by atoms with van der Waals surface area (Å²) in [5.74, 6) is 1.33. The van der Waals surface area contributed by atoms with Gasteiger partial charge >= 0.3 is 0 Å². The molecule has 4 N–H and O–H groups in total. The molecule has 1 aromatic carbocycles. The van der Waals surface area contributed by atoms with Gasteiger partial charge in [0.2, 0.25) is 0 Å². The SMILES string of the molecule is [B][B]B([B])B(B([B])[B])B(B(B(B([B])[B])B([B])[B])B(B([B])[B])B([B])[B])B(B(B(B([B])[B])B([B])[B])B(B([B])[B])B([B])[B])C1CCC(C2CCC(Cc3cc(N)cc(N)c3)CC2)CC1. The fourth-order valence-corrected chi connectivity index (χ4v) is 12.2. The van der Waals surface area contributed by atoms with Crippen molar-refractivity contribution in [2.24, 2.45) is 17.8 Å². The number of benzene rings is 1. The highest BCUT2D eigenvalue weighted by molar-refractivity contribution is 8.28. The Morgan fingerprint density at radius 2 is 0.721 bits per heavy atom. The summed E-state index contributed by atoms with van der Waals surface area (Å²) >= 11 is 0. The summed E-state index contributed by atoms with van der Waals surface area (Å²) in [6.45, 7) is -0.651. The lowest BCUT2D eigenvalue weighted by Gasteiger charge is -2.55. The van der Waals surface area contributed by atoms with Crippen LogP contribution < -0.4 is 11.5 Å². The summed E-state index contributed by atoms with van der Waals surface area (Å²) in [6.07, 6.45) is -9.82. The molecule has 0 bridgehead atoms. The molecule has 235 valence electrons. The molecule has 0 atom stereocenters. The van der Waals surface area contributed by atoms with Gasteiger partial charge < -0.3 is 11.5 Å². The quantitative estimate of drug-likeness (QED) is 0.0875. The standard InChI is InChI=1S/C19H29B40N2/c20-40-51(39)58(50(37)38)53(59(56(46(29)30)47(31)32)57(48(33)34)49(35)36)41(52(54(42(21)22)43(23)24)55(44(25)26)45(27)28)17-7-5-16(6-8-17)15-3-1-13(2-4-15)9-14-10-18(60)12-19(61)11-14/h10-13,15-17H,1-9,60-61H2. The molecule has 2 nitrogen and oxygen atoms in total. The van der Waals surface area contributed by atoms with Gasteiger partial charge in [-0.1, -0.05) is 31.5 Å². The summed E-state index contributed by atoms with van der Waals surface area (Å²) in [7, 11) is 134. The van der Waals surface area contributed by atoms with Crippen LogP contribution in [0.25, 0.3) is 0 Å². The Hall–Kier alpha value is 1.42. The molecule has 2 saturated carbocycles. The molecule has 2 aliphatic rings. The van der Waals surface area contributed by atoms with Crippen LogP contribution in [0.2, 0.25) is 5.82 Å². The summed E-state index contributed by atoms with van der Waals surface area (Å²) < 4.78 is 0. The lowest BCUT2D eigenvalue weighted by atomic mass is 8.30. The van der Waals surface area contributed by atoms with E-state index in [4.69, 9.17) is 166 Å². The highest BCUT2D eigenvalue weighted by Crippen LogP contribution is 2.45. The van der Waals surface area contributed by atoms with E-state index in [1.807, 2.05) is 12.1 Å². The molecule has 0 aliphatic heterocycles. The average Bonchev–Trinajstić information content (AvgIpc) is 3.13. The first kappa shape index (κ1) is 56.7. The molecule has 0 aromatic heterocycles. The summed E-state index contributed by atoms with van der Waals surface area (Å²) in [5, 5.41) is 0. The van der Waals surface area contributed by atoms with Crippen molar-refractivity contribution in [2.45, 2.75) is 63.6 Å². The second-order valence-electron chi connectivity index (χ2n) is 18.8. The van der Waals surface area contributed by atoms with Crippen molar-refractivity contribution >= 4 is 295 Å². The Balaban J connectivity index is 2.28. The zero-order valence-corrected chi connectivity index (χ0v) is 36.2. The molecule has 61 heavy (non-hydrogen) atoms. The molecule has 0 spiro atoms. The average molecular weight is 718 g/mol. The molecule has 2 aliphatic carbocycles. The zero-order chi connectivity index (χ0) is 46.2. The Labute approximate surface area is 408 Å². The second kappa shape index (κ2) is 26.2. The van der Waals surface area contributed by atoms with Crippen LogP contribution >= 0.6 is 0 Å². The van der Waals surface area contributed by atoms with Crippen LogP contribution in [0, 0.1) is 17.8 Å². The minimum absolute atomic E-state index is 0.183. The van der Waals surface area contributed by atoms with Gasteiger partial charge in [-0.3, -0.25) is 0 Å². The first-order valence-corrected chi connectivity index (χ1v) is 22.0. The van der Waals surface area contributed by atoms with Gasteiger partial charge in [-0.25, -0.2) is 0 Å². The van der Waals surface area contributed by atoms with Crippen molar-refractivity contribution in [1.82, 2.24) is 0 Å². The number of anilines is 2. The summed E-state index contributed by atoms with van der Waals surface area (Å²) in [4.78, 5) is 0. The van der Waals surface area contributed by atoms with Gasteiger partial charge in [-0.2, -0.15) is 0 Å². The van der Waals surface area contributed by atoms with Crippen molar-refractivity contribution in [2.75, 3.05) is 11.5 Å². The number of rotatable bonds is 23. The van der Waals surface area contributed by atoms with Crippen LogP contribution in [0.4, 0.5) is 11.4 Å². The van der Waals surface area contributed by atoms with Gasteiger partial charge in [-0.05, 0) is 73.6 Å². The molecule has 0 amide bonds. The van der Waals surface area contributed by atoms with Gasteiger partial charge in [0, 0.05) is 295 Å². The molecule has 41 radical (unpaired) electrons. The number of nitrogen functional groups attached to an aromatic ring is 2. The Morgan fingerprint density at radius 3 is 1.05 bits per heavy atom. The molecule has 1 aromatic rings. The fraction of sp³-hybridized carbons (Fsp3) is 0.684. The van der Waals surface area contributed by atoms with Crippen LogP contribution in [0.15, 0.2) is 18.2 Å². The van der Waals surface area contributed by atoms with E-state index < -0.39 is 121 Å². The molecular formula is C19H29B40N2. The minimum Gasteiger partial charge on any atom is -0.399 e.